The Morgan fingerprint density at radius 3 is 1.68 bits per heavy atom. The molecule has 0 radical (unpaired) electrons. The van der Waals surface area contributed by atoms with Crippen LogP contribution in [0.2, 0.25) is 0 Å². The Labute approximate surface area is 373 Å². The fraction of sp³-hybridized carbons (Fsp3) is 0.220. The lowest BCUT2D eigenvalue weighted by Crippen LogP contribution is -2.70. The zero-order valence-corrected chi connectivity index (χ0v) is 33.2. The van der Waals surface area contributed by atoms with Crippen LogP contribution in [-0.4, -0.2) is 156 Å². The highest BCUT2D eigenvalue weighted by atomic mass is 16.8. The van der Waals surface area contributed by atoms with Crippen molar-refractivity contribution in [2.24, 2.45) is 0 Å². The van der Waals surface area contributed by atoms with Gasteiger partial charge in [0.25, 0.3) is 5.79 Å². The summed E-state index contributed by atoms with van der Waals surface area (Å²) in [7, 11) is 0. The largest absolute Gasteiger partial charge is 0.504 e. The molecule has 0 aromatic heterocycles. The Hall–Kier alpha value is -8.92. The molecule has 14 N–H and O–H groups in total. The molecule has 0 spiro atoms. The lowest BCUT2D eigenvalue weighted by molar-refractivity contribution is -0.339. The fourth-order valence-corrected chi connectivity index (χ4v) is 8.25. The second-order valence-corrected chi connectivity index (χ2v) is 15.5. The van der Waals surface area contributed by atoms with Crippen LogP contribution in [0.3, 0.4) is 0 Å². The molecule has 1 aliphatic carbocycles. The molecule has 68 heavy (non-hydrogen) atoms. The molecule has 1 saturated heterocycles. The minimum Gasteiger partial charge on any atom is -0.504 e. The van der Waals surface area contributed by atoms with E-state index in [4.69, 9.17) is 33.2 Å². The lowest BCUT2D eigenvalue weighted by atomic mass is 9.70. The van der Waals surface area contributed by atoms with E-state index in [9.17, 15) is 100 Å². The molecule has 4 aromatic carbocycles. The van der Waals surface area contributed by atoms with E-state index in [1.165, 1.54) is 0 Å². The van der Waals surface area contributed by atoms with Gasteiger partial charge in [0.1, 0.15) is 12.7 Å². The smallest absolute Gasteiger partial charge is 0.340 e. The summed E-state index contributed by atoms with van der Waals surface area (Å²) in [4.78, 5) is 84.8. The summed E-state index contributed by atoms with van der Waals surface area (Å²) in [5, 5.41) is 150. The number of phenols is 11. The van der Waals surface area contributed by atoms with Crippen molar-refractivity contribution in [3.63, 3.8) is 0 Å². The van der Waals surface area contributed by atoms with Gasteiger partial charge < -0.3 is 105 Å². The van der Waals surface area contributed by atoms with Crippen LogP contribution in [0.15, 0.2) is 42.0 Å². The second-order valence-electron chi connectivity index (χ2n) is 15.5. The van der Waals surface area contributed by atoms with E-state index in [1.54, 1.807) is 0 Å². The summed E-state index contributed by atoms with van der Waals surface area (Å²) in [5.74, 6) is -36.5. The predicted octanol–water partition coefficient (Wildman–Crippen LogP) is -1.10. The number of phenolic OH excluding ortho intramolecular Hbond substituents is 11. The molecule has 27 heteroatoms. The highest BCUT2D eigenvalue weighted by Crippen LogP contribution is 2.59. The van der Waals surface area contributed by atoms with Crippen LogP contribution in [0.25, 0.3) is 11.1 Å². The van der Waals surface area contributed by atoms with Crippen molar-refractivity contribution in [3.05, 3.63) is 69.8 Å². The van der Waals surface area contributed by atoms with Crippen molar-refractivity contribution in [3.8, 4) is 80.1 Å². The van der Waals surface area contributed by atoms with E-state index in [0.717, 1.165) is 0 Å². The number of ether oxygens (including phenoxy) is 7. The van der Waals surface area contributed by atoms with E-state index < -0.39 is 204 Å². The van der Waals surface area contributed by atoms with E-state index in [1.807, 2.05) is 0 Å². The average molecular weight is 953 g/mol. The topological polar surface area (TPSA) is 450 Å². The molecule has 9 rings (SSSR count). The van der Waals surface area contributed by atoms with E-state index in [2.05, 4.69) is 0 Å². The Morgan fingerprint density at radius 1 is 0.574 bits per heavy atom. The third-order valence-electron chi connectivity index (χ3n) is 11.5. The molecular weight excluding hydrogens is 924 g/mol. The quantitative estimate of drug-likeness (QED) is 0.0491. The third-order valence-corrected chi connectivity index (χ3v) is 11.5. The van der Waals surface area contributed by atoms with Gasteiger partial charge >= 0.3 is 35.6 Å². The van der Waals surface area contributed by atoms with Crippen LogP contribution in [0, 0.1) is 0 Å². The minimum atomic E-state index is -3.98. The van der Waals surface area contributed by atoms with Crippen LogP contribution in [0.1, 0.15) is 52.9 Å². The number of aliphatic hydroxyl groups is 3. The molecule has 354 valence electrons. The second kappa shape index (κ2) is 14.8. The van der Waals surface area contributed by atoms with Gasteiger partial charge in [0, 0.05) is 16.7 Å². The molecule has 1 fully saturated rings. The molecule has 6 bridgehead atoms. The SMILES string of the molecule is O=C1O[C@H]2[C@@H]3OC(=O)c4cc(O)c(O)c(O)c4-c4c(cc(O)c(O)c4O)C(=O)OC[C@H]2O[C@@H](OC(=O)c2cc(O)c(O)c(O)c2)[C@@H]3OC(=O)c2cc(O)c(O)c3c2C2C1=CC(=O)C(O)(O3)C2(O)O. The number of hydrogen-bond donors (Lipinski definition) is 14. The third kappa shape index (κ3) is 6.21. The first-order valence-electron chi connectivity index (χ1n) is 19.1. The summed E-state index contributed by atoms with van der Waals surface area (Å²) < 4.78 is 38.9. The standard InChI is InChI=1S/C41H28O27/c42-13-1-8(2-14(43)24(13)48)34(54)67-39-33-32-30(64-38(58)12-6-19(47)41(61)40(59,60)23(12)22-11(37(57)66-33)5-17(46)27(51)31(22)68-41)18(63-39)7-62-35(55)9-3-15(44)25(49)28(52)20(9)21-10(36(56)65-32)4-16(45)26(50)29(21)53/h1-6,18,23,30,32-33,39,42-46,48-53,59-61H,7H2/t18-,23?,30-,32+,33-,39+,41?/m1/s1. The van der Waals surface area contributed by atoms with E-state index in [-0.39, 0.29) is 6.08 Å². The molecule has 2 unspecified atom stereocenters. The molecule has 4 aliphatic heterocycles. The molecule has 4 heterocycles. The average Bonchev–Trinajstić information content (AvgIpc) is 3.28. The fourth-order valence-electron chi connectivity index (χ4n) is 8.25. The Bertz CT molecular complexity index is 3020. The maximum absolute atomic E-state index is 14.6. The van der Waals surface area contributed by atoms with Crippen molar-refractivity contribution in [1.82, 2.24) is 0 Å². The van der Waals surface area contributed by atoms with Gasteiger partial charge in [0.2, 0.25) is 35.4 Å². The number of cyclic esters (lactones) is 1. The van der Waals surface area contributed by atoms with Gasteiger partial charge in [-0.05, 0) is 36.4 Å². The first kappa shape index (κ1) is 44.3. The molecular formula is C41H28O27. The van der Waals surface area contributed by atoms with Crippen molar-refractivity contribution >= 4 is 35.6 Å². The van der Waals surface area contributed by atoms with Gasteiger partial charge in [0.15, 0.2) is 64.0 Å². The van der Waals surface area contributed by atoms with Crippen LogP contribution in [0.4, 0.5) is 0 Å². The number of aromatic hydroxyl groups is 11. The Kier molecular flexibility index (Phi) is 9.64. The number of esters is 5. The zero-order chi connectivity index (χ0) is 49.4. The summed E-state index contributed by atoms with van der Waals surface area (Å²) in [6.45, 7) is -1.31. The van der Waals surface area contributed by atoms with Crippen molar-refractivity contribution in [1.29, 1.82) is 0 Å². The van der Waals surface area contributed by atoms with Gasteiger partial charge in [-0.2, -0.15) is 0 Å². The van der Waals surface area contributed by atoms with Crippen LogP contribution < -0.4 is 4.74 Å². The first-order chi connectivity index (χ1) is 31.9. The summed E-state index contributed by atoms with van der Waals surface area (Å²) >= 11 is 0. The van der Waals surface area contributed by atoms with Crippen LogP contribution in [0.5, 0.6) is 69.0 Å². The normalized spacial score (nSPS) is 25.7. The Balaban J connectivity index is 1.30. The van der Waals surface area contributed by atoms with E-state index in [0.29, 0.717) is 30.3 Å². The first-order valence-corrected chi connectivity index (χ1v) is 19.1. The van der Waals surface area contributed by atoms with Crippen LogP contribution in [-0.2, 0) is 38.0 Å². The molecule has 0 saturated carbocycles. The van der Waals surface area contributed by atoms with Gasteiger partial charge in [-0.3, -0.25) is 4.79 Å². The van der Waals surface area contributed by atoms with Crippen molar-refractivity contribution in [2.75, 3.05) is 6.61 Å². The maximum atomic E-state index is 14.6. The summed E-state index contributed by atoms with van der Waals surface area (Å²) in [6, 6.07) is 2.32. The lowest BCUT2D eigenvalue weighted by Gasteiger charge is -2.49. The highest BCUT2D eigenvalue weighted by Gasteiger charge is 2.70. The number of rotatable bonds is 2. The minimum absolute atomic E-state index is 0.264. The summed E-state index contributed by atoms with van der Waals surface area (Å²) in [6.07, 6.45) is -12.1. The molecule has 5 aliphatic rings. The van der Waals surface area contributed by atoms with Gasteiger partial charge in [-0.1, -0.05) is 0 Å². The summed E-state index contributed by atoms with van der Waals surface area (Å²) in [5.41, 5.74) is -8.48. The molecule has 7 atom stereocenters. The monoisotopic (exact) mass is 952 g/mol. The number of benzene rings is 4. The molecule has 0 amide bonds. The molecule has 27 nitrogen and oxygen atoms in total. The number of hydrogen-bond acceptors (Lipinski definition) is 27. The van der Waals surface area contributed by atoms with Gasteiger partial charge in [-0.25, -0.2) is 24.0 Å². The highest BCUT2D eigenvalue weighted by molar-refractivity contribution is 6.10. The number of carbonyl (C=O) groups is 6. The van der Waals surface area contributed by atoms with Gasteiger partial charge in [-0.15, -0.1) is 0 Å². The zero-order valence-electron chi connectivity index (χ0n) is 33.2. The number of ketones is 1. The maximum Gasteiger partial charge on any atom is 0.340 e. The van der Waals surface area contributed by atoms with Crippen molar-refractivity contribution < 1.29 is 133 Å². The predicted molar refractivity (Wildman–Crippen MR) is 204 cm³/mol. The molecule has 4 aromatic rings. The van der Waals surface area contributed by atoms with Crippen LogP contribution >= 0.6 is 0 Å². The van der Waals surface area contributed by atoms with Gasteiger partial charge in [0.05, 0.1) is 33.7 Å². The van der Waals surface area contributed by atoms with E-state index >= 15 is 0 Å². The number of carbonyl (C=O) groups excluding carboxylic acids is 6. The Morgan fingerprint density at radius 2 is 1.07 bits per heavy atom. The number of fused-ring (bicyclic) bond motifs is 4. The van der Waals surface area contributed by atoms with Crippen molar-refractivity contribution in [2.45, 2.75) is 48.2 Å².